The molecule has 94 valence electrons. The van der Waals surface area contributed by atoms with Crippen LogP contribution in [0.2, 0.25) is 0 Å². The van der Waals surface area contributed by atoms with E-state index in [9.17, 15) is 9.18 Å². The number of carbonyl (C=O) groups is 1. The lowest BCUT2D eigenvalue weighted by Gasteiger charge is -2.16. The summed E-state index contributed by atoms with van der Waals surface area (Å²) >= 11 is 3.06. The third-order valence-electron chi connectivity index (χ3n) is 2.42. The van der Waals surface area contributed by atoms with Crippen molar-refractivity contribution in [1.29, 1.82) is 0 Å². The van der Waals surface area contributed by atoms with Gasteiger partial charge in [-0.25, -0.2) is 4.39 Å². The number of hydrogen-bond donors (Lipinski definition) is 2. The van der Waals surface area contributed by atoms with E-state index in [-0.39, 0.29) is 18.1 Å². The Morgan fingerprint density at radius 1 is 1.59 bits per heavy atom. The second-order valence-corrected chi connectivity index (χ2v) is 4.47. The summed E-state index contributed by atoms with van der Waals surface area (Å²) in [5.41, 5.74) is 6.45. The molecule has 3 N–H and O–H groups in total. The van der Waals surface area contributed by atoms with Gasteiger partial charge in [-0.1, -0.05) is 0 Å². The van der Waals surface area contributed by atoms with Crippen LogP contribution in [0.25, 0.3) is 0 Å². The molecule has 1 amide bonds. The lowest BCUT2D eigenvalue weighted by atomic mass is 10.2. The minimum atomic E-state index is -0.426. The number of halogens is 2. The first kappa shape index (κ1) is 13.8. The summed E-state index contributed by atoms with van der Waals surface area (Å²) in [6, 6.07) is 2.73. The highest BCUT2D eigenvalue weighted by Gasteiger charge is 2.09. The molecule has 1 aromatic rings. The van der Waals surface area contributed by atoms with Crippen LogP contribution in [-0.4, -0.2) is 30.9 Å². The van der Waals surface area contributed by atoms with E-state index in [1.54, 1.807) is 11.9 Å². The van der Waals surface area contributed by atoms with Gasteiger partial charge in [0.05, 0.1) is 22.4 Å². The summed E-state index contributed by atoms with van der Waals surface area (Å²) in [6.07, 6.45) is 0. The van der Waals surface area contributed by atoms with Crippen molar-refractivity contribution in [1.82, 2.24) is 4.90 Å². The zero-order chi connectivity index (χ0) is 13.0. The first-order chi connectivity index (χ1) is 7.95. The first-order valence-corrected chi connectivity index (χ1v) is 5.97. The fraction of sp³-hybridized carbons (Fsp3) is 0.364. The number of nitrogen functional groups attached to an aromatic ring is 1. The molecule has 17 heavy (non-hydrogen) atoms. The maximum Gasteiger partial charge on any atom is 0.241 e. The molecular weight excluding hydrogens is 289 g/mol. The highest BCUT2D eigenvalue weighted by atomic mass is 79.9. The minimum absolute atomic E-state index is 0.0488. The van der Waals surface area contributed by atoms with Gasteiger partial charge in [0.1, 0.15) is 5.82 Å². The van der Waals surface area contributed by atoms with Crippen molar-refractivity contribution < 1.29 is 9.18 Å². The highest BCUT2D eigenvalue weighted by Crippen LogP contribution is 2.26. The Morgan fingerprint density at radius 2 is 2.24 bits per heavy atom. The zero-order valence-electron chi connectivity index (χ0n) is 9.76. The van der Waals surface area contributed by atoms with Crippen LogP contribution >= 0.6 is 15.9 Å². The standard InChI is InChI=1S/C11H15BrFN3O/c1-3-16(2)11(17)6-15-10-4-7(12)8(13)5-9(10)14/h4-5,15H,3,6,14H2,1-2H3. The molecule has 0 aromatic heterocycles. The lowest BCUT2D eigenvalue weighted by molar-refractivity contribution is -0.127. The monoisotopic (exact) mass is 303 g/mol. The fourth-order valence-corrected chi connectivity index (χ4v) is 1.54. The van der Waals surface area contributed by atoms with Gasteiger partial charge in [0.2, 0.25) is 5.91 Å². The Hall–Kier alpha value is -1.30. The van der Waals surface area contributed by atoms with Crippen LogP contribution in [0.4, 0.5) is 15.8 Å². The molecule has 1 rings (SSSR count). The number of amides is 1. The molecule has 0 aliphatic carbocycles. The molecule has 0 spiro atoms. The summed E-state index contributed by atoms with van der Waals surface area (Å²) in [6.45, 7) is 2.66. The average Bonchev–Trinajstić information content (AvgIpc) is 2.30. The van der Waals surface area contributed by atoms with Crippen LogP contribution in [0.1, 0.15) is 6.92 Å². The minimum Gasteiger partial charge on any atom is -0.397 e. The van der Waals surface area contributed by atoms with Crippen molar-refractivity contribution in [2.45, 2.75) is 6.92 Å². The van der Waals surface area contributed by atoms with Crippen molar-refractivity contribution in [2.75, 3.05) is 31.2 Å². The van der Waals surface area contributed by atoms with Gasteiger partial charge in [-0.3, -0.25) is 4.79 Å². The van der Waals surface area contributed by atoms with E-state index in [1.807, 2.05) is 6.92 Å². The molecule has 0 atom stereocenters. The molecule has 0 heterocycles. The Bertz CT molecular complexity index is 425. The van der Waals surface area contributed by atoms with Gasteiger partial charge >= 0.3 is 0 Å². The number of benzene rings is 1. The Morgan fingerprint density at radius 3 is 2.82 bits per heavy atom. The smallest absolute Gasteiger partial charge is 0.241 e. The zero-order valence-corrected chi connectivity index (χ0v) is 11.3. The van der Waals surface area contributed by atoms with Crippen molar-refractivity contribution >= 4 is 33.2 Å². The topological polar surface area (TPSA) is 58.4 Å². The number of nitrogens with two attached hydrogens (primary N) is 1. The average molecular weight is 304 g/mol. The number of anilines is 2. The van der Waals surface area contributed by atoms with Crippen molar-refractivity contribution in [3.8, 4) is 0 Å². The van der Waals surface area contributed by atoms with Gasteiger partial charge in [-0.05, 0) is 28.9 Å². The molecule has 0 unspecified atom stereocenters. The molecule has 4 nitrogen and oxygen atoms in total. The highest BCUT2D eigenvalue weighted by molar-refractivity contribution is 9.10. The lowest BCUT2D eigenvalue weighted by Crippen LogP contribution is -2.32. The van der Waals surface area contributed by atoms with E-state index in [1.165, 1.54) is 12.1 Å². The van der Waals surface area contributed by atoms with E-state index < -0.39 is 5.82 Å². The predicted molar refractivity (Wildman–Crippen MR) is 70.3 cm³/mol. The van der Waals surface area contributed by atoms with Crippen molar-refractivity contribution in [3.63, 3.8) is 0 Å². The Labute approximate surface area is 108 Å². The first-order valence-electron chi connectivity index (χ1n) is 5.18. The Balaban J connectivity index is 2.70. The number of carbonyl (C=O) groups excluding carboxylic acids is 1. The van der Waals surface area contributed by atoms with Gasteiger partial charge in [-0.2, -0.15) is 0 Å². The molecule has 0 radical (unpaired) electrons. The molecule has 1 aromatic carbocycles. The van der Waals surface area contributed by atoms with Crippen LogP contribution in [0.5, 0.6) is 0 Å². The molecule has 0 saturated carbocycles. The number of nitrogens with one attached hydrogen (secondary N) is 1. The van der Waals surface area contributed by atoms with Crippen LogP contribution in [0, 0.1) is 5.82 Å². The third kappa shape index (κ3) is 3.59. The maximum absolute atomic E-state index is 13.1. The predicted octanol–water partition coefficient (Wildman–Crippen LogP) is 2.06. The molecular formula is C11H15BrFN3O. The number of nitrogens with zero attached hydrogens (tertiary/aromatic N) is 1. The summed E-state index contributed by atoms with van der Waals surface area (Å²) in [7, 11) is 1.72. The summed E-state index contributed by atoms with van der Waals surface area (Å²) in [4.78, 5) is 13.1. The van der Waals surface area contributed by atoms with Crippen LogP contribution in [0.15, 0.2) is 16.6 Å². The molecule has 6 heteroatoms. The van der Waals surface area contributed by atoms with E-state index in [0.717, 1.165) is 0 Å². The van der Waals surface area contributed by atoms with Gasteiger partial charge in [0, 0.05) is 19.7 Å². The molecule has 0 fully saturated rings. The van der Waals surface area contributed by atoms with Crippen LogP contribution in [0.3, 0.4) is 0 Å². The summed E-state index contributed by atoms with van der Waals surface area (Å²) in [5, 5.41) is 2.88. The van der Waals surface area contributed by atoms with Crippen LogP contribution < -0.4 is 11.1 Å². The number of rotatable bonds is 4. The van der Waals surface area contributed by atoms with Crippen molar-refractivity contribution in [2.24, 2.45) is 0 Å². The van der Waals surface area contributed by atoms with Gasteiger partial charge < -0.3 is 16.0 Å². The maximum atomic E-state index is 13.1. The van der Waals surface area contributed by atoms with E-state index in [2.05, 4.69) is 21.2 Å². The third-order valence-corrected chi connectivity index (χ3v) is 3.03. The second kappa shape index (κ2) is 5.86. The van der Waals surface area contributed by atoms with Crippen molar-refractivity contribution in [3.05, 3.63) is 22.4 Å². The number of hydrogen-bond acceptors (Lipinski definition) is 3. The SMILES string of the molecule is CCN(C)C(=O)CNc1cc(Br)c(F)cc1N. The van der Waals surface area contributed by atoms with Gasteiger partial charge in [0.15, 0.2) is 0 Å². The summed E-state index contributed by atoms with van der Waals surface area (Å²) in [5.74, 6) is -0.475. The Kier molecular flexibility index (Phi) is 4.74. The molecule has 0 aliphatic heterocycles. The second-order valence-electron chi connectivity index (χ2n) is 3.62. The molecule has 0 aliphatic rings. The quantitative estimate of drug-likeness (QED) is 0.837. The molecule has 0 bridgehead atoms. The largest absolute Gasteiger partial charge is 0.397 e. The summed E-state index contributed by atoms with van der Waals surface area (Å²) < 4.78 is 13.4. The van der Waals surface area contributed by atoms with Crippen LogP contribution in [-0.2, 0) is 4.79 Å². The van der Waals surface area contributed by atoms with Gasteiger partial charge in [-0.15, -0.1) is 0 Å². The van der Waals surface area contributed by atoms with E-state index in [4.69, 9.17) is 5.73 Å². The fourth-order valence-electron chi connectivity index (χ4n) is 1.20. The normalized spacial score (nSPS) is 10.1. The van der Waals surface area contributed by atoms with E-state index >= 15 is 0 Å². The van der Waals surface area contributed by atoms with E-state index in [0.29, 0.717) is 16.7 Å². The number of likely N-dealkylation sites (N-methyl/N-ethyl adjacent to an activating group) is 1. The van der Waals surface area contributed by atoms with Gasteiger partial charge in [0.25, 0.3) is 0 Å². The molecule has 0 saturated heterocycles.